The number of methoxy groups -OCH3 is 1. The predicted molar refractivity (Wildman–Crippen MR) is 70.5 cm³/mol. The van der Waals surface area contributed by atoms with E-state index in [2.05, 4.69) is 5.32 Å². The Morgan fingerprint density at radius 2 is 2.22 bits per heavy atom. The fourth-order valence-electron chi connectivity index (χ4n) is 1.27. The first-order valence-electron chi connectivity index (χ1n) is 5.43. The van der Waals surface area contributed by atoms with Crippen LogP contribution in [0.15, 0.2) is 18.2 Å². The van der Waals surface area contributed by atoms with Gasteiger partial charge in [-0.15, -0.1) is 0 Å². The maximum absolute atomic E-state index is 11.8. The van der Waals surface area contributed by atoms with Crippen molar-refractivity contribution in [2.45, 2.75) is 12.2 Å². The van der Waals surface area contributed by atoms with Crippen molar-refractivity contribution in [3.63, 3.8) is 0 Å². The fourth-order valence-corrected chi connectivity index (χ4v) is 1.59. The van der Waals surface area contributed by atoms with Crippen molar-refractivity contribution < 1.29 is 18.8 Å². The normalized spacial score (nSPS) is 13.7. The summed E-state index contributed by atoms with van der Waals surface area (Å²) >= 11 is 0. The molecule has 0 spiro atoms. The third-order valence-corrected chi connectivity index (χ3v) is 3.86. The van der Waals surface area contributed by atoms with Gasteiger partial charge < -0.3 is 15.2 Å². The third-order valence-electron chi connectivity index (χ3n) is 2.57. The minimum absolute atomic E-state index is 0.112. The van der Waals surface area contributed by atoms with Gasteiger partial charge in [-0.3, -0.25) is 9.00 Å². The van der Waals surface area contributed by atoms with Gasteiger partial charge in [0.15, 0.2) is 0 Å². The van der Waals surface area contributed by atoms with Crippen LogP contribution in [-0.2, 0) is 10.8 Å². The summed E-state index contributed by atoms with van der Waals surface area (Å²) in [5, 5.41) is 12.1. The van der Waals surface area contributed by atoms with Crippen LogP contribution in [0.1, 0.15) is 17.3 Å². The highest BCUT2D eigenvalue weighted by Crippen LogP contribution is 2.22. The van der Waals surface area contributed by atoms with E-state index in [0.717, 1.165) is 0 Å². The van der Waals surface area contributed by atoms with Crippen molar-refractivity contribution in [3.05, 3.63) is 23.8 Å². The highest BCUT2D eigenvalue weighted by molar-refractivity contribution is 7.84. The van der Waals surface area contributed by atoms with Crippen LogP contribution in [0.2, 0.25) is 0 Å². The average Bonchev–Trinajstić information content (AvgIpc) is 2.35. The molecule has 0 saturated heterocycles. The number of benzene rings is 1. The molecule has 0 aromatic heterocycles. The Balaban J connectivity index is 2.75. The fraction of sp³-hybridized carbons (Fsp3) is 0.417. The average molecular weight is 271 g/mol. The van der Waals surface area contributed by atoms with Gasteiger partial charge in [-0.2, -0.15) is 0 Å². The summed E-state index contributed by atoms with van der Waals surface area (Å²) in [6.45, 7) is 2.07. The molecule has 0 fully saturated rings. The van der Waals surface area contributed by atoms with Gasteiger partial charge in [0.05, 0.1) is 12.7 Å². The van der Waals surface area contributed by atoms with E-state index in [1.54, 1.807) is 19.2 Å². The monoisotopic (exact) mass is 271 g/mol. The molecular weight excluding hydrogens is 254 g/mol. The molecule has 0 aliphatic heterocycles. The first-order valence-corrected chi connectivity index (χ1v) is 7.05. The molecule has 0 heterocycles. The van der Waals surface area contributed by atoms with Crippen LogP contribution in [0, 0.1) is 0 Å². The summed E-state index contributed by atoms with van der Waals surface area (Å²) < 4.78 is 16.1. The van der Waals surface area contributed by atoms with Crippen molar-refractivity contribution in [3.8, 4) is 11.5 Å². The number of carbonyl (C=O) groups excluding carboxylic acids is 1. The van der Waals surface area contributed by atoms with E-state index in [-0.39, 0.29) is 16.6 Å². The van der Waals surface area contributed by atoms with Crippen LogP contribution in [0.25, 0.3) is 0 Å². The second-order valence-corrected chi connectivity index (χ2v) is 5.70. The van der Waals surface area contributed by atoms with Gasteiger partial charge in [0.2, 0.25) is 0 Å². The zero-order valence-electron chi connectivity index (χ0n) is 10.6. The zero-order chi connectivity index (χ0) is 13.7. The molecule has 5 nitrogen and oxygen atoms in total. The SMILES string of the molecule is COc1ccc(O)c(C(=O)NCC(C)S(C)=O)c1. The predicted octanol–water partition coefficient (Wildman–Crippen LogP) is 0.898. The number of amides is 1. The van der Waals surface area contributed by atoms with Crippen LogP contribution in [0.5, 0.6) is 11.5 Å². The smallest absolute Gasteiger partial charge is 0.255 e. The molecule has 0 saturated carbocycles. The van der Waals surface area contributed by atoms with Gasteiger partial charge in [0, 0.05) is 28.9 Å². The second kappa shape index (κ2) is 6.39. The summed E-state index contributed by atoms with van der Waals surface area (Å²) in [6, 6.07) is 4.42. The minimum Gasteiger partial charge on any atom is -0.507 e. The molecule has 0 radical (unpaired) electrons. The van der Waals surface area contributed by atoms with Crippen LogP contribution >= 0.6 is 0 Å². The van der Waals surface area contributed by atoms with E-state index in [4.69, 9.17) is 4.74 Å². The lowest BCUT2D eigenvalue weighted by Gasteiger charge is -2.11. The summed E-state index contributed by atoms with van der Waals surface area (Å²) in [6.07, 6.45) is 1.58. The van der Waals surface area contributed by atoms with Crippen LogP contribution in [0.3, 0.4) is 0 Å². The van der Waals surface area contributed by atoms with E-state index in [1.807, 2.05) is 0 Å². The molecule has 6 heteroatoms. The topological polar surface area (TPSA) is 75.6 Å². The van der Waals surface area contributed by atoms with Crippen molar-refractivity contribution in [1.29, 1.82) is 0 Å². The summed E-state index contributed by atoms with van der Waals surface area (Å²) in [5.41, 5.74) is 0.142. The number of phenolic OH excluding ortho intramolecular Hbond substituents is 1. The Hall–Kier alpha value is -1.56. The Morgan fingerprint density at radius 1 is 1.56 bits per heavy atom. The number of hydrogen-bond acceptors (Lipinski definition) is 4. The molecule has 0 bridgehead atoms. The van der Waals surface area contributed by atoms with E-state index < -0.39 is 16.7 Å². The lowest BCUT2D eigenvalue weighted by atomic mass is 10.1. The van der Waals surface area contributed by atoms with Crippen LogP contribution in [0.4, 0.5) is 0 Å². The zero-order valence-corrected chi connectivity index (χ0v) is 11.4. The van der Waals surface area contributed by atoms with Gasteiger partial charge >= 0.3 is 0 Å². The van der Waals surface area contributed by atoms with Crippen molar-refractivity contribution in [2.75, 3.05) is 19.9 Å². The Labute approximate surface area is 109 Å². The number of nitrogens with one attached hydrogen (secondary N) is 1. The van der Waals surface area contributed by atoms with Crippen LogP contribution < -0.4 is 10.1 Å². The quantitative estimate of drug-likeness (QED) is 0.834. The molecule has 1 amide bonds. The van der Waals surface area contributed by atoms with E-state index >= 15 is 0 Å². The first-order chi connectivity index (χ1) is 8.45. The molecule has 18 heavy (non-hydrogen) atoms. The Bertz CT molecular complexity index is 461. The van der Waals surface area contributed by atoms with Gasteiger partial charge in [-0.1, -0.05) is 0 Å². The molecule has 1 aromatic rings. The van der Waals surface area contributed by atoms with Crippen LogP contribution in [-0.4, -0.2) is 40.4 Å². The number of phenols is 1. The Morgan fingerprint density at radius 3 is 2.78 bits per heavy atom. The molecule has 2 atom stereocenters. The number of carbonyl (C=O) groups is 1. The van der Waals surface area contributed by atoms with E-state index in [1.165, 1.54) is 19.2 Å². The Kier molecular flexibility index (Phi) is 5.15. The highest BCUT2D eigenvalue weighted by atomic mass is 32.2. The largest absolute Gasteiger partial charge is 0.507 e. The van der Waals surface area contributed by atoms with E-state index in [9.17, 15) is 14.1 Å². The standard InChI is InChI=1S/C12H17NO4S/c1-8(18(3)16)7-13-12(15)10-6-9(17-2)4-5-11(10)14/h4-6,8,14H,7H2,1-3H3,(H,13,15). The molecule has 1 rings (SSSR count). The van der Waals surface area contributed by atoms with Gasteiger partial charge in [-0.25, -0.2) is 0 Å². The molecule has 2 unspecified atom stereocenters. The van der Waals surface area contributed by atoms with Crippen molar-refractivity contribution >= 4 is 16.7 Å². The number of aromatic hydroxyl groups is 1. The lowest BCUT2D eigenvalue weighted by Crippen LogP contribution is -2.32. The van der Waals surface area contributed by atoms with Gasteiger partial charge in [-0.05, 0) is 25.1 Å². The maximum atomic E-state index is 11.8. The molecular formula is C12H17NO4S. The molecule has 2 N–H and O–H groups in total. The first kappa shape index (κ1) is 14.5. The van der Waals surface area contributed by atoms with E-state index in [0.29, 0.717) is 12.3 Å². The number of ether oxygens (including phenoxy) is 1. The lowest BCUT2D eigenvalue weighted by molar-refractivity contribution is 0.0951. The second-order valence-electron chi connectivity index (χ2n) is 3.90. The number of rotatable bonds is 5. The van der Waals surface area contributed by atoms with Crippen molar-refractivity contribution in [2.24, 2.45) is 0 Å². The van der Waals surface area contributed by atoms with Gasteiger partial charge in [0.25, 0.3) is 5.91 Å². The molecule has 0 aliphatic rings. The number of hydrogen-bond donors (Lipinski definition) is 2. The maximum Gasteiger partial charge on any atom is 0.255 e. The molecule has 100 valence electrons. The summed E-state index contributed by atoms with van der Waals surface area (Å²) in [5.74, 6) is -0.0349. The third kappa shape index (κ3) is 3.73. The molecule has 1 aromatic carbocycles. The summed E-state index contributed by atoms with van der Waals surface area (Å²) in [4.78, 5) is 11.8. The minimum atomic E-state index is -0.996. The highest BCUT2D eigenvalue weighted by Gasteiger charge is 2.14. The van der Waals surface area contributed by atoms with Gasteiger partial charge in [0.1, 0.15) is 11.5 Å². The van der Waals surface area contributed by atoms with Crippen molar-refractivity contribution in [1.82, 2.24) is 5.32 Å². The molecule has 0 aliphatic carbocycles. The summed E-state index contributed by atoms with van der Waals surface area (Å²) in [7, 11) is 0.486.